The molecule has 0 bridgehead atoms. The molecule has 0 fully saturated rings. The van der Waals surface area contributed by atoms with Crippen LogP contribution in [0.1, 0.15) is 433 Å². The number of carbonyl (C=O) groups excluding carboxylic acids is 4. The van der Waals surface area contributed by atoms with Gasteiger partial charge in [0.25, 0.3) is 0 Å². The summed E-state index contributed by atoms with van der Waals surface area (Å²) in [5.41, 5.74) is 0. The molecule has 5 atom stereocenters. The summed E-state index contributed by atoms with van der Waals surface area (Å²) in [4.78, 5) is 72.9. The fourth-order valence-corrected chi connectivity index (χ4v) is 14.2. The van der Waals surface area contributed by atoms with Crippen molar-refractivity contribution in [2.24, 2.45) is 5.92 Å². The van der Waals surface area contributed by atoms with E-state index in [1.54, 1.807) is 0 Å². The van der Waals surface area contributed by atoms with Crippen LogP contribution in [0.4, 0.5) is 0 Å². The lowest BCUT2D eigenvalue weighted by atomic mass is 10.0. The molecule has 100 heavy (non-hydrogen) atoms. The molecule has 0 rings (SSSR count). The number of unbranched alkanes of at least 4 members (excludes halogenated alkanes) is 53. The zero-order valence-corrected chi connectivity index (χ0v) is 67.1. The Hall–Kier alpha value is -1.94. The molecule has 0 saturated heterocycles. The summed E-state index contributed by atoms with van der Waals surface area (Å²) in [5.74, 6) is -1.30. The van der Waals surface area contributed by atoms with Gasteiger partial charge in [-0.2, -0.15) is 0 Å². The van der Waals surface area contributed by atoms with Crippen molar-refractivity contribution in [1.82, 2.24) is 0 Å². The van der Waals surface area contributed by atoms with E-state index in [0.717, 1.165) is 95.8 Å². The summed E-state index contributed by atoms with van der Waals surface area (Å²) >= 11 is 0. The normalized spacial score (nSPS) is 13.8. The molecule has 0 aromatic carbocycles. The van der Waals surface area contributed by atoms with Gasteiger partial charge < -0.3 is 33.8 Å². The molecule has 0 aromatic heterocycles. The van der Waals surface area contributed by atoms with E-state index >= 15 is 0 Å². The second-order valence-electron chi connectivity index (χ2n) is 29.6. The SMILES string of the molecule is CCCCCCCCCCCCCCCCCCCC(=O)OC[C@H](COP(=O)(O)OC[C@@H](O)COP(=O)(O)OC[C@@H](COC(=O)CCCCCCCCCC)OC(=O)CCCCCCCCCCCCCCCCCCC)OC(=O)CCCCCCCCCCCCCCCCCC(C)C. The maximum atomic E-state index is 13.1. The standard InChI is InChI=1S/C81H158O17P2/c1-6-9-12-15-18-21-23-25-27-29-33-37-41-45-50-55-60-65-79(84)92-71-77(98-81(86)67-62-57-52-47-43-39-35-31-32-36-40-44-48-53-58-63-74(4)5)73-96-100(89,90)94-69-75(82)68-93-99(87,88)95-72-76(70-91-78(83)64-59-54-49-20-17-14-11-8-3)97-80(85)66-61-56-51-46-42-38-34-30-28-26-24-22-19-16-13-10-7-2/h74-77,82H,6-73H2,1-5H3,(H,87,88)(H,89,90)/t75-,76+,77+/m0/s1. The van der Waals surface area contributed by atoms with Gasteiger partial charge in [0.2, 0.25) is 0 Å². The van der Waals surface area contributed by atoms with Gasteiger partial charge >= 0.3 is 39.5 Å². The van der Waals surface area contributed by atoms with E-state index in [4.69, 9.17) is 37.0 Å². The van der Waals surface area contributed by atoms with Gasteiger partial charge in [-0.25, -0.2) is 9.13 Å². The van der Waals surface area contributed by atoms with Crippen molar-refractivity contribution in [3.8, 4) is 0 Å². The molecule has 0 radical (unpaired) electrons. The number of carbonyl (C=O) groups is 4. The van der Waals surface area contributed by atoms with Gasteiger partial charge in [-0.3, -0.25) is 37.3 Å². The first-order valence-corrected chi connectivity index (χ1v) is 45.1. The largest absolute Gasteiger partial charge is 0.472 e. The fourth-order valence-electron chi connectivity index (χ4n) is 12.6. The minimum atomic E-state index is -4.96. The predicted octanol–water partition coefficient (Wildman–Crippen LogP) is 24.4. The van der Waals surface area contributed by atoms with E-state index in [1.165, 1.54) is 257 Å². The topological polar surface area (TPSA) is 237 Å². The first-order valence-electron chi connectivity index (χ1n) is 42.1. The highest BCUT2D eigenvalue weighted by molar-refractivity contribution is 7.47. The molecule has 0 aliphatic heterocycles. The number of phosphoric ester groups is 2. The van der Waals surface area contributed by atoms with E-state index < -0.39 is 97.5 Å². The number of hydrogen-bond acceptors (Lipinski definition) is 15. The van der Waals surface area contributed by atoms with Crippen LogP contribution in [-0.2, 0) is 65.4 Å². The molecule has 0 aliphatic rings. The lowest BCUT2D eigenvalue weighted by molar-refractivity contribution is -0.161. The number of aliphatic hydroxyl groups excluding tert-OH is 1. The zero-order chi connectivity index (χ0) is 73.4. The van der Waals surface area contributed by atoms with Crippen molar-refractivity contribution >= 4 is 39.5 Å². The molecule has 3 N–H and O–H groups in total. The second-order valence-corrected chi connectivity index (χ2v) is 32.5. The molecule has 0 amide bonds. The molecule has 2 unspecified atom stereocenters. The molecule has 0 aliphatic carbocycles. The van der Waals surface area contributed by atoms with Gasteiger partial charge in [-0.05, 0) is 31.6 Å². The molecule has 19 heteroatoms. The Morgan fingerprint density at radius 2 is 0.460 bits per heavy atom. The van der Waals surface area contributed by atoms with Crippen LogP contribution in [0, 0.1) is 5.92 Å². The maximum absolute atomic E-state index is 13.1. The van der Waals surface area contributed by atoms with E-state index in [2.05, 4.69) is 34.6 Å². The monoisotopic (exact) mass is 1470 g/mol. The van der Waals surface area contributed by atoms with Gasteiger partial charge in [0.1, 0.15) is 19.3 Å². The maximum Gasteiger partial charge on any atom is 0.472 e. The van der Waals surface area contributed by atoms with Crippen LogP contribution < -0.4 is 0 Å². The van der Waals surface area contributed by atoms with Crippen molar-refractivity contribution in [2.75, 3.05) is 39.6 Å². The Morgan fingerprint density at radius 1 is 0.270 bits per heavy atom. The van der Waals surface area contributed by atoms with Gasteiger partial charge in [0, 0.05) is 25.7 Å². The number of rotatable bonds is 81. The molecule has 17 nitrogen and oxygen atoms in total. The summed E-state index contributed by atoms with van der Waals surface area (Å²) in [7, 11) is -9.92. The summed E-state index contributed by atoms with van der Waals surface area (Å²) < 4.78 is 68.7. The number of ether oxygens (including phenoxy) is 4. The Labute approximate surface area is 613 Å². The van der Waals surface area contributed by atoms with Crippen molar-refractivity contribution in [2.45, 2.75) is 451 Å². The van der Waals surface area contributed by atoms with Gasteiger partial charge in [-0.15, -0.1) is 0 Å². The van der Waals surface area contributed by atoms with Crippen LogP contribution >= 0.6 is 15.6 Å². The van der Waals surface area contributed by atoms with E-state index in [9.17, 15) is 43.2 Å². The molecular weight excluding hydrogens is 1310 g/mol. The second kappa shape index (κ2) is 73.9. The predicted molar refractivity (Wildman–Crippen MR) is 409 cm³/mol. The van der Waals surface area contributed by atoms with Crippen molar-refractivity contribution in [1.29, 1.82) is 0 Å². The third-order valence-electron chi connectivity index (χ3n) is 19.0. The lowest BCUT2D eigenvalue weighted by Gasteiger charge is -2.21. The highest BCUT2D eigenvalue weighted by Gasteiger charge is 2.30. The average Bonchev–Trinajstić information content (AvgIpc) is 0.993. The van der Waals surface area contributed by atoms with Crippen LogP contribution in [0.2, 0.25) is 0 Å². The number of aliphatic hydroxyl groups is 1. The summed E-state index contributed by atoms with van der Waals surface area (Å²) in [6.45, 7) is 7.34. The van der Waals surface area contributed by atoms with Gasteiger partial charge in [0.15, 0.2) is 12.2 Å². The Balaban J connectivity index is 5.20. The van der Waals surface area contributed by atoms with Crippen LogP contribution in [-0.4, -0.2) is 96.7 Å². The summed E-state index contributed by atoms with van der Waals surface area (Å²) in [5, 5.41) is 10.6. The number of hydrogen-bond donors (Lipinski definition) is 3. The highest BCUT2D eigenvalue weighted by Crippen LogP contribution is 2.45. The van der Waals surface area contributed by atoms with Crippen LogP contribution in [0.15, 0.2) is 0 Å². The minimum absolute atomic E-state index is 0.109. The third kappa shape index (κ3) is 74.3. The molecule has 0 spiro atoms. The molecule has 0 heterocycles. The zero-order valence-electron chi connectivity index (χ0n) is 65.3. The first-order chi connectivity index (χ1) is 48.5. The lowest BCUT2D eigenvalue weighted by Crippen LogP contribution is -2.30. The van der Waals surface area contributed by atoms with Crippen molar-refractivity contribution in [3.63, 3.8) is 0 Å². The summed E-state index contributed by atoms with van der Waals surface area (Å²) in [6, 6.07) is 0. The fraction of sp³-hybridized carbons (Fsp3) is 0.951. The Bertz CT molecular complexity index is 1910. The smallest absolute Gasteiger partial charge is 0.462 e. The van der Waals surface area contributed by atoms with Crippen LogP contribution in [0.5, 0.6) is 0 Å². The number of phosphoric acid groups is 2. The third-order valence-corrected chi connectivity index (χ3v) is 20.9. The van der Waals surface area contributed by atoms with Gasteiger partial charge in [-0.1, -0.05) is 381 Å². The Morgan fingerprint density at radius 3 is 0.680 bits per heavy atom. The first kappa shape index (κ1) is 98.1. The molecule has 0 aromatic rings. The minimum Gasteiger partial charge on any atom is -0.462 e. The molecular formula is C81H158O17P2. The van der Waals surface area contributed by atoms with Crippen molar-refractivity contribution < 1.29 is 80.2 Å². The average molecular weight is 1470 g/mol. The Kier molecular flexibility index (Phi) is 72.5. The molecule has 0 saturated carbocycles. The van der Waals surface area contributed by atoms with Gasteiger partial charge in [0.05, 0.1) is 26.4 Å². The quantitative estimate of drug-likeness (QED) is 0.0222. The van der Waals surface area contributed by atoms with E-state index in [-0.39, 0.29) is 25.7 Å². The molecule has 594 valence electrons. The number of esters is 4. The van der Waals surface area contributed by atoms with Crippen LogP contribution in [0.25, 0.3) is 0 Å². The van der Waals surface area contributed by atoms with Crippen molar-refractivity contribution in [3.05, 3.63) is 0 Å². The van der Waals surface area contributed by atoms with E-state index in [0.29, 0.717) is 25.7 Å². The van der Waals surface area contributed by atoms with E-state index in [1.807, 2.05) is 0 Å². The summed E-state index contributed by atoms with van der Waals surface area (Å²) in [6.07, 6.45) is 65.2. The van der Waals surface area contributed by atoms with Crippen LogP contribution in [0.3, 0.4) is 0 Å². The highest BCUT2D eigenvalue weighted by atomic mass is 31.2.